The minimum Gasteiger partial charge on any atom is -0.389 e. The molecule has 0 aromatic heterocycles. The molecule has 2 aliphatic rings. The van der Waals surface area contributed by atoms with Gasteiger partial charge in [-0.15, -0.1) is 0 Å². The molecule has 1 aromatic rings. The molecule has 1 N–H and O–H groups in total. The molecule has 1 aromatic carbocycles. The van der Waals surface area contributed by atoms with Crippen LogP contribution in [0.3, 0.4) is 0 Å². The maximum absolute atomic E-state index is 10.3. The summed E-state index contributed by atoms with van der Waals surface area (Å²) >= 11 is 0. The van der Waals surface area contributed by atoms with E-state index in [1.54, 1.807) is 0 Å². The van der Waals surface area contributed by atoms with Crippen molar-refractivity contribution in [1.29, 1.82) is 0 Å². The number of benzene rings is 1. The highest BCUT2D eigenvalue weighted by Gasteiger charge is 2.22. The third kappa shape index (κ3) is 4.31. The van der Waals surface area contributed by atoms with Gasteiger partial charge in [0.1, 0.15) is 0 Å². The monoisotopic (exact) mass is 303 g/mol. The Labute approximate surface area is 134 Å². The van der Waals surface area contributed by atoms with Gasteiger partial charge in [0.05, 0.1) is 18.8 Å². The van der Waals surface area contributed by atoms with Crippen LogP contribution in [-0.4, -0.2) is 42.4 Å². The quantitative estimate of drug-likeness (QED) is 0.906. The molecule has 2 atom stereocenters. The Morgan fingerprint density at radius 2 is 1.86 bits per heavy atom. The van der Waals surface area contributed by atoms with Gasteiger partial charge < -0.3 is 14.7 Å². The smallest absolute Gasteiger partial charge is 0.0900 e. The van der Waals surface area contributed by atoms with Gasteiger partial charge >= 0.3 is 0 Å². The third-order valence-corrected chi connectivity index (χ3v) is 4.97. The summed E-state index contributed by atoms with van der Waals surface area (Å²) in [6.45, 7) is 3.47. The number of rotatable bonds is 5. The van der Waals surface area contributed by atoms with Gasteiger partial charge in [-0.25, -0.2) is 0 Å². The van der Waals surface area contributed by atoms with Gasteiger partial charge in [0.25, 0.3) is 0 Å². The molecule has 1 heterocycles. The van der Waals surface area contributed by atoms with E-state index in [0.29, 0.717) is 6.61 Å². The predicted molar refractivity (Wildman–Crippen MR) is 89.0 cm³/mol. The summed E-state index contributed by atoms with van der Waals surface area (Å²) in [5.74, 6) is 0. The molecule has 0 unspecified atom stereocenters. The summed E-state index contributed by atoms with van der Waals surface area (Å²) in [5, 5.41) is 10.3. The zero-order valence-corrected chi connectivity index (χ0v) is 13.5. The van der Waals surface area contributed by atoms with E-state index in [0.717, 1.165) is 32.5 Å². The second-order valence-electron chi connectivity index (χ2n) is 6.78. The fourth-order valence-corrected chi connectivity index (χ4v) is 3.78. The van der Waals surface area contributed by atoms with Crippen molar-refractivity contribution >= 4 is 0 Å². The van der Waals surface area contributed by atoms with Crippen molar-refractivity contribution in [1.82, 2.24) is 4.90 Å². The van der Waals surface area contributed by atoms with Crippen LogP contribution in [0.2, 0.25) is 0 Å². The molecule has 1 aliphatic carbocycles. The fraction of sp³-hybridized carbons (Fsp3) is 0.684. The molecule has 22 heavy (non-hydrogen) atoms. The lowest BCUT2D eigenvalue weighted by atomic mass is 9.89. The molecule has 0 amide bonds. The first-order valence-electron chi connectivity index (χ1n) is 8.93. The number of aliphatic hydroxyl groups excluding tert-OH is 1. The van der Waals surface area contributed by atoms with Gasteiger partial charge in [-0.05, 0) is 56.3 Å². The van der Waals surface area contributed by atoms with Gasteiger partial charge in [-0.2, -0.15) is 0 Å². The van der Waals surface area contributed by atoms with Gasteiger partial charge in [-0.3, -0.25) is 0 Å². The molecule has 0 spiro atoms. The average molecular weight is 303 g/mol. The Kier molecular flexibility index (Phi) is 5.88. The van der Waals surface area contributed by atoms with Gasteiger partial charge in [0.15, 0.2) is 0 Å². The van der Waals surface area contributed by atoms with E-state index in [4.69, 9.17) is 4.74 Å². The average Bonchev–Trinajstić information content (AvgIpc) is 2.81. The molecule has 1 saturated heterocycles. The summed E-state index contributed by atoms with van der Waals surface area (Å²) in [6, 6.07) is 8.59. The molecule has 1 aliphatic heterocycles. The minimum absolute atomic E-state index is 0.170. The molecule has 3 rings (SSSR count). The Balaban J connectivity index is 1.48. The van der Waals surface area contributed by atoms with E-state index < -0.39 is 0 Å². The van der Waals surface area contributed by atoms with Gasteiger partial charge in [0.2, 0.25) is 0 Å². The number of aryl methyl sites for hydroxylation is 1. The number of hydrogen-bond acceptors (Lipinski definition) is 3. The van der Waals surface area contributed by atoms with E-state index in [-0.39, 0.29) is 12.2 Å². The second kappa shape index (κ2) is 8.09. The summed E-state index contributed by atoms with van der Waals surface area (Å²) in [5.41, 5.74) is 2.75. The first kappa shape index (κ1) is 16.0. The summed E-state index contributed by atoms with van der Waals surface area (Å²) in [4.78, 5) is 2.40. The first-order chi connectivity index (χ1) is 10.8. The molecular weight excluding hydrogens is 274 g/mol. The fourth-order valence-electron chi connectivity index (χ4n) is 3.78. The van der Waals surface area contributed by atoms with Crippen LogP contribution in [0.1, 0.15) is 55.8 Å². The van der Waals surface area contributed by atoms with E-state index in [1.165, 1.54) is 43.2 Å². The van der Waals surface area contributed by atoms with Crippen LogP contribution in [0.25, 0.3) is 0 Å². The molecule has 0 radical (unpaired) electrons. The highest BCUT2D eigenvalue weighted by Crippen LogP contribution is 2.32. The standard InChI is InChI=1S/C19H29NO2/c21-17(14-20-12-5-1-2-6-13-20)15-22-19-11-7-9-16-8-3-4-10-18(16)19/h3-4,8,10,17,19,21H,1-2,5-7,9,11-15H2/t17-,19+/m0/s1. The molecule has 1 fully saturated rings. The topological polar surface area (TPSA) is 32.7 Å². The molecule has 0 bridgehead atoms. The van der Waals surface area contributed by atoms with Gasteiger partial charge in [0, 0.05) is 6.54 Å². The van der Waals surface area contributed by atoms with Crippen LogP contribution in [-0.2, 0) is 11.2 Å². The Hall–Kier alpha value is -0.900. The minimum atomic E-state index is -0.368. The molecule has 0 saturated carbocycles. The van der Waals surface area contributed by atoms with E-state index in [9.17, 15) is 5.11 Å². The number of nitrogens with zero attached hydrogens (tertiary/aromatic N) is 1. The Bertz CT molecular complexity index is 455. The van der Waals surface area contributed by atoms with Gasteiger partial charge in [-0.1, -0.05) is 37.1 Å². The highest BCUT2D eigenvalue weighted by atomic mass is 16.5. The molecular formula is C19H29NO2. The maximum Gasteiger partial charge on any atom is 0.0900 e. The highest BCUT2D eigenvalue weighted by molar-refractivity contribution is 5.31. The van der Waals surface area contributed by atoms with Crippen LogP contribution >= 0.6 is 0 Å². The number of β-amino-alcohol motifs (C(OH)–C–C–N with tert-alkyl or cyclic N) is 1. The maximum atomic E-state index is 10.3. The lowest BCUT2D eigenvalue weighted by Crippen LogP contribution is -2.36. The Morgan fingerprint density at radius 3 is 2.68 bits per heavy atom. The van der Waals surface area contributed by atoms with Crippen LogP contribution in [0.15, 0.2) is 24.3 Å². The zero-order chi connectivity index (χ0) is 15.2. The molecule has 122 valence electrons. The largest absolute Gasteiger partial charge is 0.389 e. The van der Waals surface area contributed by atoms with Crippen molar-refractivity contribution < 1.29 is 9.84 Å². The summed E-state index contributed by atoms with van der Waals surface area (Å²) in [7, 11) is 0. The first-order valence-corrected chi connectivity index (χ1v) is 8.93. The number of aliphatic hydroxyl groups is 1. The van der Waals surface area contributed by atoms with Crippen molar-refractivity contribution in [2.75, 3.05) is 26.2 Å². The zero-order valence-electron chi connectivity index (χ0n) is 13.5. The number of likely N-dealkylation sites (tertiary alicyclic amines) is 1. The van der Waals surface area contributed by atoms with Crippen LogP contribution in [0.4, 0.5) is 0 Å². The third-order valence-electron chi connectivity index (χ3n) is 4.97. The molecule has 3 nitrogen and oxygen atoms in total. The van der Waals surface area contributed by atoms with Crippen LogP contribution < -0.4 is 0 Å². The van der Waals surface area contributed by atoms with Crippen molar-refractivity contribution in [3.8, 4) is 0 Å². The second-order valence-corrected chi connectivity index (χ2v) is 6.78. The van der Waals surface area contributed by atoms with E-state index in [2.05, 4.69) is 29.2 Å². The van der Waals surface area contributed by atoms with Crippen molar-refractivity contribution in [3.63, 3.8) is 0 Å². The van der Waals surface area contributed by atoms with Crippen LogP contribution in [0, 0.1) is 0 Å². The van der Waals surface area contributed by atoms with Crippen molar-refractivity contribution in [2.24, 2.45) is 0 Å². The molecule has 3 heteroatoms. The SMILES string of the molecule is O[C@H](CO[C@@H]1CCCc2ccccc21)CN1CCCCCC1. The van der Waals surface area contributed by atoms with Crippen molar-refractivity contribution in [2.45, 2.75) is 57.2 Å². The summed E-state index contributed by atoms with van der Waals surface area (Å²) < 4.78 is 6.07. The normalized spacial score (nSPS) is 24.5. The lowest BCUT2D eigenvalue weighted by molar-refractivity contribution is -0.0278. The predicted octanol–water partition coefficient (Wildman–Crippen LogP) is 3.32. The van der Waals surface area contributed by atoms with E-state index >= 15 is 0 Å². The number of hydrogen-bond donors (Lipinski definition) is 1. The van der Waals surface area contributed by atoms with E-state index in [1.807, 2.05) is 0 Å². The summed E-state index contributed by atoms with van der Waals surface area (Å²) in [6.07, 6.45) is 8.43. The lowest BCUT2D eigenvalue weighted by Gasteiger charge is -2.28. The van der Waals surface area contributed by atoms with Crippen molar-refractivity contribution in [3.05, 3.63) is 35.4 Å². The number of fused-ring (bicyclic) bond motifs is 1. The Morgan fingerprint density at radius 1 is 1.09 bits per heavy atom. The van der Waals surface area contributed by atoms with Crippen LogP contribution in [0.5, 0.6) is 0 Å². The number of ether oxygens (including phenoxy) is 1.